The lowest BCUT2D eigenvalue weighted by atomic mass is 10.2. The first-order chi connectivity index (χ1) is 6.09. The second kappa shape index (κ2) is 4.94. The lowest BCUT2D eigenvalue weighted by Gasteiger charge is -2.25. The summed E-state index contributed by atoms with van der Waals surface area (Å²) in [5.41, 5.74) is 0. The highest BCUT2D eigenvalue weighted by Gasteiger charge is 2.25. The topological polar surface area (TPSA) is 26.7 Å². The fourth-order valence-electron chi connectivity index (χ4n) is 1.88. The van der Waals surface area contributed by atoms with Gasteiger partial charge in [0.15, 0.2) is 0 Å². The molecule has 0 saturated heterocycles. The Balaban J connectivity index is 2.19. The third-order valence-electron chi connectivity index (χ3n) is 2.90. The Morgan fingerprint density at radius 1 is 1.15 bits per heavy atom. The fourth-order valence-corrected chi connectivity index (χ4v) is 1.88. The summed E-state index contributed by atoms with van der Waals surface area (Å²) in [4.78, 5) is 4.57. The molecule has 0 aromatic rings. The number of rotatable bonds is 4. The van der Waals surface area contributed by atoms with Crippen molar-refractivity contribution in [2.75, 3.05) is 34.2 Å². The molecule has 1 saturated carbocycles. The molecule has 1 N–H and O–H groups in total. The molecule has 0 aliphatic heterocycles. The highest BCUT2D eigenvalue weighted by molar-refractivity contribution is 4.81. The number of hydrogen-bond donors (Lipinski definition) is 1. The molecule has 3 heteroatoms. The first kappa shape index (κ1) is 11.0. The standard InChI is InChI=1S/C10H22N2O/c1-11(2)6-7-12(3)9-4-5-10(13)8-9/h9-10,13H,4-8H2,1-3H3. The minimum atomic E-state index is -0.0493. The molecule has 1 aliphatic rings. The second-order valence-electron chi connectivity index (χ2n) is 4.40. The van der Waals surface area contributed by atoms with Crippen LogP contribution in [0.1, 0.15) is 19.3 Å². The van der Waals surface area contributed by atoms with Crippen molar-refractivity contribution in [3.63, 3.8) is 0 Å². The van der Waals surface area contributed by atoms with Gasteiger partial charge in [-0.25, -0.2) is 0 Å². The van der Waals surface area contributed by atoms with Gasteiger partial charge >= 0.3 is 0 Å². The van der Waals surface area contributed by atoms with Crippen LogP contribution in [0.3, 0.4) is 0 Å². The van der Waals surface area contributed by atoms with Crippen LogP contribution in [0, 0.1) is 0 Å². The van der Waals surface area contributed by atoms with E-state index in [1.165, 1.54) is 0 Å². The molecule has 1 fully saturated rings. The van der Waals surface area contributed by atoms with Crippen LogP contribution >= 0.6 is 0 Å². The van der Waals surface area contributed by atoms with Crippen molar-refractivity contribution in [2.45, 2.75) is 31.4 Å². The molecular weight excluding hydrogens is 164 g/mol. The Hall–Kier alpha value is -0.120. The Labute approximate surface area is 81.3 Å². The van der Waals surface area contributed by atoms with E-state index >= 15 is 0 Å². The van der Waals surface area contributed by atoms with Gasteiger partial charge in [0.25, 0.3) is 0 Å². The van der Waals surface area contributed by atoms with Gasteiger partial charge in [-0.05, 0) is 40.4 Å². The zero-order chi connectivity index (χ0) is 9.84. The number of hydrogen-bond acceptors (Lipinski definition) is 3. The summed E-state index contributed by atoms with van der Waals surface area (Å²) in [5, 5.41) is 9.39. The zero-order valence-corrected chi connectivity index (χ0v) is 9.03. The Morgan fingerprint density at radius 3 is 2.31 bits per heavy atom. The predicted octanol–water partition coefficient (Wildman–Crippen LogP) is 0.393. The average molecular weight is 186 g/mol. The lowest BCUT2D eigenvalue weighted by Crippen LogP contribution is -2.35. The van der Waals surface area contributed by atoms with E-state index in [0.29, 0.717) is 6.04 Å². The maximum atomic E-state index is 9.39. The van der Waals surface area contributed by atoms with Gasteiger partial charge in [0.1, 0.15) is 0 Å². The minimum absolute atomic E-state index is 0.0493. The van der Waals surface area contributed by atoms with Crippen LogP contribution in [0.2, 0.25) is 0 Å². The summed E-state index contributed by atoms with van der Waals surface area (Å²) in [6, 6.07) is 0.606. The van der Waals surface area contributed by atoms with Crippen LogP contribution in [-0.2, 0) is 0 Å². The van der Waals surface area contributed by atoms with Crippen molar-refractivity contribution in [1.82, 2.24) is 9.80 Å². The maximum absolute atomic E-state index is 9.39. The Kier molecular flexibility index (Phi) is 4.16. The molecule has 1 aliphatic carbocycles. The number of aliphatic hydroxyl groups is 1. The van der Waals surface area contributed by atoms with Gasteiger partial charge in [0.05, 0.1) is 6.10 Å². The minimum Gasteiger partial charge on any atom is -0.393 e. The van der Waals surface area contributed by atoms with Gasteiger partial charge in [0, 0.05) is 19.1 Å². The van der Waals surface area contributed by atoms with E-state index in [0.717, 1.165) is 32.4 Å². The molecule has 3 nitrogen and oxygen atoms in total. The first-order valence-corrected chi connectivity index (χ1v) is 5.12. The monoisotopic (exact) mass is 186 g/mol. The molecule has 0 bridgehead atoms. The largest absolute Gasteiger partial charge is 0.393 e. The van der Waals surface area contributed by atoms with Gasteiger partial charge < -0.3 is 14.9 Å². The summed E-state index contributed by atoms with van der Waals surface area (Å²) in [5.74, 6) is 0. The highest BCUT2D eigenvalue weighted by Crippen LogP contribution is 2.22. The van der Waals surface area contributed by atoms with E-state index in [9.17, 15) is 5.11 Å². The van der Waals surface area contributed by atoms with E-state index in [1.54, 1.807) is 0 Å². The van der Waals surface area contributed by atoms with Crippen molar-refractivity contribution in [3.05, 3.63) is 0 Å². The quantitative estimate of drug-likeness (QED) is 0.688. The molecule has 78 valence electrons. The van der Waals surface area contributed by atoms with Gasteiger partial charge in [-0.3, -0.25) is 0 Å². The molecule has 2 atom stereocenters. The molecule has 2 unspecified atom stereocenters. The SMILES string of the molecule is CN(C)CCN(C)C1CCC(O)C1. The van der Waals surface area contributed by atoms with E-state index in [1.807, 2.05) is 0 Å². The number of aliphatic hydroxyl groups excluding tert-OH is 1. The molecule has 0 aromatic carbocycles. The van der Waals surface area contributed by atoms with Crippen LogP contribution in [0.5, 0.6) is 0 Å². The molecule has 0 heterocycles. The summed E-state index contributed by atoms with van der Waals surface area (Å²) >= 11 is 0. The second-order valence-corrected chi connectivity index (χ2v) is 4.40. The summed E-state index contributed by atoms with van der Waals surface area (Å²) < 4.78 is 0. The summed E-state index contributed by atoms with van der Waals surface area (Å²) in [6.45, 7) is 2.20. The third-order valence-corrected chi connectivity index (χ3v) is 2.90. The molecule has 0 aromatic heterocycles. The van der Waals surface area contributed by atoms with Crippen LogP contribution < -0.4 is 0 Å². The molecule has 0 spiro atoms. The van der Waals surface area contributed by atoms with Crippen molar-refractivity contribution >= 4 is 0 Å². The van der Waals surface area contributed by atoms with E-state index < -0.39 is 0 Å². The molecule has 0 amide bonds. The number of likely N-dealkylation sites (N-methyl/N-ethyl adjacent to an activating group) is 2. The zero-order valence-electron chi connectivity index (χ0n) is 9.03. The maximum Gasteiger partial charge on any atom is 0.0555 e. The normalized spacial score (nSPS) is 29.1. The van der Waals surface area contributed by atoms with Crippen molar-refractivity contribution < 1.29 is 5.11 Å². The predicted molar refractivity (Wildman–Crippen MR) is 54.8 cm³/mol. The highest BCUT2D eigenvalue weighted by atomic mass is 16.3. The first-order valence-electron chi connectivity index (χ1n) is 5.12. The van der Waals surface area contributed by atoms with Gasteiger partial charge in [-0.2, -0.15) is 0 Å². The third kappa shape index (κ3) is 3.63. The van der Waals surface area contributed by atoms with Crippen molar-refractivity contribution in [2.24, 2.45) is 0 Å². The van der Waals surface area contributed by atoms with Gasteiger partial charge in [-0.1, -0.05) is 0 Å². The average Bonchev–Trinajstić information content (AvgIpc) is 2.47. The summed E-state index contributed by atoms with van der Waals surface area (Å²) in [7, 11) is 6.35. The Bertz CT molecular complexity index is 150. The smallest absolute Gasteiger partial charge is 0.0555 e. The van der Waals surface area contributed by atoms with Crippen LogP contribution in [-0.4, -0.2) is 61.3 Å². The summed E-state index contributed by atoms with van der Waals surface area (Å²) in [6.07, 6.45) is 3.05. The van der Waals surface area contributed by atoms with Crippen molar-refractivity contribution in [3.8, 4) is 0 Å². The number of nitrogens with zero attached hydrogens (tertiary/aromatic N) is 2. The van der Waals surface area contributed by atoms with E-state index in [4.69, 9.17) is 0 Å². The van der Waals surface area contributed by atoms with Gasteiger partial charge in [0.2, 0.25) is 0 Å². The van der Waals surface area contributed by atoms with Crippen LogP contribution in [0.25, 0.3) is 0 Å². The van der Waals surface area contributed by atoms with Crippen LogP contribution in [0.4, 0.5) is 0 Å². The van der Waals surface area contributed by atoms with Crippen LogP contribution in [0.15, 0.2) is 0 Å². The van der Waals surface area contributed by atoms with E-state index in [2.05, 4.69) is 30.9 Å². The molecular formula is C10H22N2O. The molecule has 13 heavy (non-hydrogen) atoms. The fraction of sp³-hybridized carbons (Fsp3) is 1.00. The van der Waals surface area contributed by atoms with Crippen molar-refractivity contribution in [1.29, 1.82) is 0 Å². The lowest BCUT2D eigenvalue weighted by molar-refractivity contribution is 0.159. The van der Waals surface area contributed by atoms with Gasteiger partial charge in [-0.15, -0.1) is 0 Å². The Morgan fingerprint density at radius 2 is 1.85 bits per heavy atom. The molecule has 0 radical (unpaired) electrons. The molecule has 1 rings (SSSR count). The van der Waals surface area contributed by atoms with E-state index in [-0.39, 0.29) is 6.10 Å².